The van der Waals surface area contributed by atoms with Gasteiger partial charge < -0.3 is 14.7 Å². The molecule has 3 atom stereocenters. The molecule has 5 heteroatoms. The molecule has 2 fully saturated rings. The van der Waals surface area contributed by atoms with Gasteiger partial charge in [0.25, 0.3) is 0 Å². The molecule has 3 unspecified atom stereocenters. The first-order valence-corrected chi connectivity index (χ1v) is 6.75. The van der Waals surface area contributed by atoms with Crippen LogP contribution in [-0.4, -0.2) is 46.7 Å². The van der Waals surface area contributed by atoms with Gasteiger partial charge in [-0.15, -0.1) is 0 Å². The van der Waals surface area contributed by atoms with E-state index < -0.39 is 23.2 Å². The number of ether oxygens (including phenoxy) is 1. The molecule has 5 nitrogen and oxygen atoms in total. The van der Waals surface area contributed by atoms with E-state index in [9.17, 15) is 9.59 Å². The second kappa shape index (κ2) is 4.20. The predicted molar refractivity (Wildman–Crippen MR) is 69.6 cm³/mol. The van der Waals surface area contributed by atoms with Gasteiger partial charge >= 0.3 is 5.97 Å². The van der Waals surface area contributed by atoms with Crippen molar-refractivity contribution in [3.8, 4) is 0 Å². The Labute approximate surface area is 113 Å². The molecule has 1 N–H and O–H groups in total. The highest BCUT2D eigenvalue weighted by Gasteiger charge is 2.66. The molecule has 1 aliphatic heterocycles. The van der Waals surface area contributed by atoms with Gasteiger partial charge in [-0.3, -0.25) is 9.59 Å². The molecule has 0 spiro atoms. The van der Waals surface area contributed by atoms with Crippen molar-refractivity contribution in [2.24, 2.45) is 17.3 Å². The summed E-state index contributed by atoms with van der Waals surface area (Å²) >= 11 is 0. The molecular formula is C14H23NO4. The lowest BCUT2D eigenvalue weighted by atomic mass is 10.0. The number of aliphatic carboxylic acids is 1. The Bertz CT molecular complexity index is 416. The number of carbonyl (C=O) groups is 2. The first-order chi connectivity index (χ1) is 8.56. The Kier molecular flexibility index (Phi) is 3.16. The maximum Gasteiger partial charge on any atom is 0.307 e. The van der Waals surface area contributed by atoms with E-state index in [2.05, 4.69) is 0 Å². The van der Waals surface area contributed by atoms with Gasteiger partial charge in [-0.25, -0.2) is 0 Å². The highest BCUT2D eigenvalue weighted by atomic mass is 16.5. The van der Waals surface area contributed by atoms with Gasteiger partial charge in [-0.05, 0) is 26.2 Å². The maximum atomic E-state index is 12.5. The number of hydrogen-bond donors (Lipinski definition) is 1. The lowest BCUT2D eigenvalue weighted by Gasteiger charge is -2.42. The molecule has 2 rings (SSSR count). The summed E-state index contributed by atoms with van der Waals surface area (Å²) in [5, 5.41) is 9.17. The van der Waals surface area contributed by atoms with Gasteiger partial charge in [0.15, 0.2) is 0 Å². The van der Waals surface area contributed by atoms with E-state index in [1.54, 1.807) is 4.90 Å². The van der Waals surface area contributed by atoms with E-state index in [0.717, 1.165) is 0 Å². The number of nitrogens with zero attached hydrogens (tertiary/aromatic N) is 1. The largest absolute Gasteiger partial charge is 0.481 e. The van der Waals surface area contributed by atoms with Crippen molar-refractivity contribution in [3.05, 3.63) is 0 Å². The minimum atomic E-state index is -0.871. The molecule has 0 bridgehead atoms. The maximum absolute atomic E-state index is 12.5. The lowest BCUT2D eigenvalue weighted by Crippen LogP contribution is -2.54. The quantitative estimate of drug-likeness (QED) is 0.822. The van der Waals surface area contributed by atoms with Crippen LogP contribution < -0.4 is 0 Å². The Morgan fingerprint density at radius 1 is 1.21 bits per heavy atom. The molecule has 0 aromatic heterocycles. The van der Waals surface area contributed by atoms with E-state index in [1.165, 1.54) is 0 Å². The van der Waals surface area contributed by atoms with Crippen LogP contribution in [0.3, 0.4) is 0 Å². The molecule has 108 valence electrons. The first-order valence-electron chi connectivity index (χ1n) is 6.75. The van der Waals surface area contributed by atoms with Crippen molar-refractivity contribution < 1.29 is 19.4 Å². The summed E-state index contributed by atoms with van der Waals surface area (Å²) < 4.78 is 5.77. The lowest BCUT2D eigenvalue weighted by molar-refractivity contribution is -0.160. The van der Waals surface area contributed by atoms with E-state index in [4.69, 9.17) is 9.84 Å². The fraction of sp³-hybridized carbons (Fsp3) is 0.857. The van der Waals surface area contributed by atoms with Crippen LogP contribution in [0.25, 0.3) is 0 Å². The summed E-state index contributed by atoms with van der Waals surface area (Å²) in [6, 6.07) is 0. The van der Waals surface area contributed by atoms with Crippen LogP contribution in [0, 0.1) is 17.3 Å². The van der Waals surface area contributed by atoms with E-state index in [0.29, 0.717) is 13.1 Å². The van der Waals surface area contributed by atoms with Crippen LogP contribution in [-0.2, 0) is 14.3 Å². The molecule has 1 amide bonds. The molecule has 1 aliphatic carbocycles. The van der Waals surface area contributed by atoms with Gasteiger partial charge in [0, 0.05) is 13.1 Å². The van der Waals surface area contributed by atoms with Gasteiger partial charge in [0.2, 0.25) is 5.91 Å². The summed E-state index contributed by atoms with van der Waals surface area (Å²) in [7, 11) is 0. The molecule has 1 saturated carbocycles. The first kappa shape index (κ1) is 14.3. The Balaban J connectivity index is 2.11. The standard InChI is InChI=1S/C14H23NO4/c1-8-6-15(7-13(2,3)19-8)11(16)9-10(12(17)18)14(9,4)5/h8-10H,6-7H2,1-5H3,(H,17,18). The number of carboxylic acid groups (broad SMARTS) is 1. The topological polar surface area (TPSA) is 66.8 Å². The molecule has 1 saturated heterocycles. The van der Waals surface area contributed by atoms with Gasteiger partial charge in [-0.1, -0.05) is 13.8 Å². The van der Waals surface area contributed by atoms with Crippen molar-refractivity contribution >= 4 is 11.9 Å². The molecule has 1 heterocycles. The zero-order chi connectivity index (χ0) is 14.6. The average Bonchev–Trinajstić information content (AvgIpc) is 2.77. The summed E-state index contributed by atoms with van der Waals surface area (Å²) in [6.07, 6.45) is -0.0159. The Hall–Kier alpha value is -1.10. The van der Waals surface area contributed by atoms with Crippen LogP contribution in [0.5, 0.6) is 0 Å². The number of carboxylic acids is 1. The smallest absolute Gasteiger partial charge is 0.307 e. The van der Waals surface area contributed by atoms with E-state index in [1.807, 2.05) is 34.6 Å². The van der Waals surface area contributed by atoms with Crippen LogP contribution >= 0.6 is 0 Å². The predicted octanol–water partition coefficient (Wildman–Crippen LogP) is 1.37. The minimum absolute atomic E-state index is 0.0159. The number of hydrogen-bond acceptors (Lipinski definition) is 3. The van der Waals surface area contributed by atoms with Crippen LogP contribution in [0.1, 0.15) is 34.6 Å². The third-order valence-electron chi connectivity index (χ3n) is 4.24. The normalized spacial score (nSPS) is 35.8. The van der Waals surface area contributed by atoms with Crippen molar-refractivity contribution in [3.63, 3.8) is 0 Å². The fourth-order valence-electron chi connectivity index (χ4n) is 3.38. The van der Waals surface area contributed by atoms with E-state index >= 15 is 0 Å². The third kappa shape index (κ3) is 2.48. The SMILES string of the molecule is CC1CN(C(=O)C2C(C(=O)O)C2(C)C)CC(C)(C)O1. The van der Waals surface area contributed by atoms with Crippen LogP contribution in [0.4, 0.5) is 0 Å². The molecule has 0 aromatic carbocycles. The van der Waals surface area contributed by atoms with Crippen molar-refractivity contribution in [1.29, 1.82) is 0 Å². The van der Waals surface area contributed by atoms with E-state index in [-0.39, 0.29) is 17.6 Å². The number of amides is 1. The molecular weight excluding hydrogens is 246 g/mol. The van der Waals surface area contributed by atoms with Crippen molar-refractivity contribution in [1.82, 2.24) is 4.90 Å². The molecule has 0 radical (unpaired) electrons. The summed E-state index contributed by atoms with van der Waals surface area (Å²) in [5.74, 6) is -1.86. The van der Waals surface area contributed by atoms with Gasteiger partial charge in [0.1, 0.15) is 0 Å². The summed E-state index contributed by atoms with van der Waals surface area (Å²) in [5.41, 5.74) is -0.806. The summed E-state index contributed by atoms with van der Waals surface area (Å²) in [6.45, 7) is 10.6. The minimum Gasteiger partial charge on any atom is -0.481 e. The monoisotopic (exact) mass is 269 g/mol. The van der Waals surface area contributed by atoms with Crippen molar-refractivity contribution in [2.45, 2.75) is 46.3 Å². The Morgan fingerprint density at radius 2 is 1.79 bits per heavy atom. The van der Waals surface area contributed by atoms with Gasteiger partial charge in [0.05, 0.1) is 23.5 Å². The highest BCUT2D eigenvalue weighted by molar-refractivity contribution is 5.91. The third-order valence-corrected chi connectivity index (χ3v) is 4.24. The second-order valence-electron chi connectivity index (χ2n) is 7.02. The van der Waals surface area contributed by atoms with Crippen LogP contribution in [0.15, 0.2) is 0 Å². The number of morpholine rings is 1. The zero-order valence-electron chi connectivity index (χ0n) is 12.3. The number of carbonyl (C=O) groups excluding carboxylic acids is 1. The Morgan fingerprint density at radius 3 is 2.21 bits per heavy atom. The van der Waals surface area contributed by atoms with Gasteiger partial charge in [-0.2, -0.15) is 0 Å². The van der Waals surface area contributed by atoms with Crippen molar-refractivity contribution in [2.75, 3.05) is 13.1 Å². The zero-order valence-corrected chi connectivity index (χ0v) is 12.3. The summed E-state index contributed by atoms with van der Waals surface area (Å²) in [4.78, 5) is 25.5. The average molecular weight is 269 g/mol. The highest BCUT2D eigenvalue weighted by Crippen LogP contribution is 2.59. The van der Waals surface area contributed by atoms with Crippen LogP contribution in [0.2, 0.25) is 0 Å². The second-order valence-corrected chi connectivity index (χ2v) is 7.02. The number of rotatable bonds is 2. The fourth-order valence-corrected chi connectivity index (χ4v) is 3.38. The molecule has 19 heavy (non-hydrogen) atoms. The molecule has 2 aliphatic rings. The molecule has 0 aromatic rings.